The van der Waals surface area contributed by atoms with Gasteiger partial charge in [-0.05, 0) is 18.4 Å². The maximum absolute atomic E-state index is 11.6. The van der Waals surface area contributed by atoms with E-state index in [1.165, 1.54) is 5.56 Å². The van der Waals surface area contributed by atoms with Gasteiger partial charge in [0.15, 0.2) is 0 Å². The minimum atomic E-state index is -0.205. The number of carbonyl (C=O) groups excluding carboxylic acids is 1. The number of nitrogens with one attached hydrogen (secondary N) is 1. The summed E-state index contributed by atoms with van der Waals surface area (Å²) >= 11 is 1.84. The number of hydrogen-bond donors (Lipinski definition) is 1. The van der Waals surface area contributed by atoms with E-state index in [2.05, 4.69) is 29.6 Å². The second-order valence-electron chi connectivity index (χ2n) is 4.33. The Morgan fingerprint density at radius 3 is 2.94 bits per heavy atom. The first-order valence-electron chi connectivity index (χ1n) is 6.37. The molecular weight excluding hydrogens is 246 g/mol. The molecule has 0 unspecified atom stereocenters. The standard InChI is InChI=1S/C14H19NO2S/c16-14(13-7-4-9-17-13)15-8-10-18-11-12-5-2-1-3-6-12/h1-3,5-6,13H,4,7-11H2,(H,15,16)/t13-/m0/s1. The Morgan fingerprint density at radius 1 is 1.39 bits per heavy atom. The summed E-state index contributed by atoms with van der Waals surface area (Å²) in [5.74, 6) is 1.98. The summed E-state index contributed by atoms with van der Waals surface area (Å²) in [6, 6.07) is 10.4. The first-order valence-corrected chi connectivity index (χ1v) is 7.53. The van der Waals surface area contributed by atoms with E-state index < -0.39 is 0 Å². The zero-order chi connectivity index (χ0) is 12.6. The molecular formula is C14H19NO2S. The number of carbonyl (C=O) groups is 1. The van der Waals surface area contributed by atoms with Gasteiger partial charge in [-0.15, -0.1) is 0 Å². The van der Waals surface area contributed by atoms with Crippen molar-refractivity contribution in [3.8, 4) is 0 Å². The van der Waals surface area contributed by atoms with E-state index in [-0.39, 0.29) is 12.0 Å². The van der Waals surface area contributed by atoms with E-state index in [0.717, 1.165) is 37.5 Å². The molecule has 3 nitrogen and oxygen atoms in total. The largest absolute Gasteiger partial charge is 0.368 e. The lowest BCUT2D eigenvalue weighted by Gasteiger charge is -2.10. The number of hydrogen-bond acceptors (Lipinski definition) is 3. The highest BCUT2D eigenvalue weighted by molar-refractivity contribution is 7.98. The van der Waals surface area contributed by atoms with Crippen LogP contribution in [0.4, 0.5) is 0 Å². The van der Waals surface area contributed by atoms with Gasteiger partial charge in [0, 0.05) is 24.7 Å². The predicted molar refractivity (Wildman–Crippen MR) is 74.6 cm³/mol. The highest BCUT2D eigenvalue weighted by atomic mass is 32.2. The van der Waals surface area contributed by atoms with Crippen molar-refractivity contribution in [2.24, 2.45) is 0 Å². The van der Waals surface area contributed by atoms with Crippen molar-refractivity contribution >= 4 is 17.7 Å². The molecule has 1 aromatic carbocycles. The highest BCUT2D eigenvalue weighted by Crippen LogP contribution is 2.12. The lowest BCUT2D eigenvalue weighted by atomic mass is 10.2. The normalized spacial score (nSPS) is 18.8. The van der Waals surface area contributed by atoms with Crippen LogP contribution in [0.15, 0.2) is 30.3 Å². The Morgan fingerprint density at radius 2 is 2.22 bits per heavy atom. The Labute approximate surface area is 112 Å². The molecule has 1 aromatic rings. The maximum atomic E-state index is 11.6. The van der Waals surface area contributed by atoms with Crippen molar-refractivity contribution in [3.05, 3.63) is 35.9 Å². The fraction of sp³-hybridized carbons (Fsp3) is 0.500. The van der Waals surface area contributed by atoms with Crippen LogP contribution >= 0.6 is 11.8 Å². The predicted octanol–water partition coefficient (Wildman–Crippen LogP) is 2.21. The molecule has 0 bridgehead atoms. The molecule has 1 fully saturated rings. The van der Waals surface area contributed by atoms with Gasteiger partial charge in [0.05, 0.1) is 0 Å². The van der Waals surface area contributed by atoms with Gasteiger partial charge in [-0.1, -0.05) is 30.3 Å². The van der Waals surface area contributed by atoms with Crippen LogP contribution in [0.1, 0.15) is 18.4 Å². The molecule has 0 saturated carbocycles. The van der Waals surface area contributed by atoms with Gasteiger partial charge in [-0.2, -0.15) is 11.8 Å². The number of thioether (sulfide) groups is 1. The Bertz CT molecular complexity index is 363. The summed E-state index contributed by atoms with van der Waals surface area (Å²) < 4.78 is 5.32. The molecule has 1 N–H and O–H groups in total. The fourth-order valence-electron chi connectivity index (χ4n) is 1.91. The molecule has 1 heterocycles. The zero-order valence-corrected chi connectivity index (χ0v) is 11.2. The molecule has 18 heavy (non-hydrogen) atoms. The maximum Gasteiger partial charge on any atom is 0.249 e. The number of ether oxygens (including phenoxy) is 1. The van der Waals surface area contributed by atoms with Crippen LogP contribution in [-0.2, 0) is 15.3 Å². The van der Waals surface area contributed by atoms with Gasteiger partial charge in [-0.25, -0.2) is 0 Å². The molecule has 0 aromatic heterocycles. The summed E-state index contributed by atoms with van der Waals surface area (Å²) in [6.45, 7) is 1.44. The summed E-state index contributed by atoms with van der Waals surface area (Å²) in [5.41, 5.74) is 1.33. The minimum Gasteiger partial charge on any atom is -0.368 e. The van der Waals surface area contributed by atoms with Gasteiger partial charge < -0.3 is 10.1 Å². The van der Waals surface area contributed by atoms with Gasteiger partial charge in [0.1, 0.15) is 6.10 Å². The lowest BCUT2D eigenvalue weighted by molar-refractivity contribution is -0.129. The Kier molecular flexibility index (Phi) is 5.55. The molecule has 2 rings (SSSR count). The van der Waals surface area contributed by atoms with E-state index in [4.69, 9.17) is 4.74 Å². The molecule has 1 amide bonds. The second-order valence-corrected chi connectivity index (χ2v) is 5.44. The van der Waals surface area contributed by atoms with E-state index in [9.17, 15) is 4.79 Å². The quantitative estimate of drug-likeness (QED) is 0.802. The molecule has 0 radical (unpaired) electrons. The van der Waals surface area contributed by atoms with Crippen molar-refractivity contribution in [1.82, 2.24) is 5.32 Å². The first kappa shape index (κ1) is 13.4. The SMILES string of the molecule is O=C(NCCSCc1ccccc1)[C@@H]1CCCO1. The van der Waals surface area contributed by atoms with Crippen LogP contribution < -0.4 is 5.32 Å². The summed E-state index contributed by atoms with van der Waals surface area (Å²) in [5, 5.41) is 2.93. The summed E-state index contributed by atoms with van der Waals surface area (Å²) in [4.78, 5) is 11.6. The monoisotopic (exact) mass is 265 g/mol. The first-order chi connectivity index (χ1) is 8.86. The number of amides is 1. The van der Waals surface area contributed by atoms with Crippen LogP contribution in [0.25, 0.3) is 0 Å². The zero-order valence-electron chi connectivity index (χ0n) is 10.4. The van der Waals surface area contributed by atoms with Crippen LogP contribution in [0.3, 0.4) is 0 Å². The summed E-state index contributed by atoms with van der Waals surface area (Å²) in [6.07, 6.45) is 1.66. The summed E-state index contributed by atoms with van der Waals surface area (Å²) in [7, 11) is 0. The minimum absolute atomic E-state index is 0.0489. The van der Waals surface area contributed by atoms with Gasteiger partial charge in [-0.3, -0.25) is 4.79 Å². The molecule has 1 aliphatic rings. The third-order valence-corrected chi connectivity index (χ3v) is 3.91. The molecule has 1 atom stereocenters. The fourth-order valence-corrected chi connectivity index (χ4v) is 2.73. The van der Waals surface area contributed by atoms with Crippen molar-refractivity contribution < 1.29 is 9.53 Å². The molecule has 98 valence electrons. The van der Waals surface area contributed by atoms with Gasteiger partial charge in [0.2, 0.25) is 5.91 Å². The van der Waals surface area contributed by atoms with Crippen LogP contribution in [-0.4, -0.2) is 30.9 Å². The Balaban J connectivity index is 1.54. The second kappa shape index (κ2) is 7.44. The lowest BCUT2D eigenvalue weighted by Crippen LogP contribution is -2.35. The van der Waals surface area contributed by atoms with Crippen molar-refractivity contribution in [2.75, 3.05) is 18.9 Å². The molecule has 0 aliphatic carbocycles. The van der Waals surface area contributed by atoms with E-state index in [1.54, 1.807) is 0 Å². The van der Waals surface area contributed by atoms with Crippen LogP contribution in [0, 0.1) is 0 Å². The van der Waals surface area contributed by atoms with Crippen molar-refractivity contribution in [2.45, 2.75) is 24.7 Å². The smallest absolute Gasteiger partial charge is 0.249 e. The van der Waals surface area contributed by atoms with Crippen molar-refractivity contribution in [1.29, 1.82) is 0 Å². The average molecular weight is 265 g/mol. The average Bonchev–Trinajstić information content (AvgIpc) is 2.93. The van der Waals surface area contributed by atoms with E-state index in [1.807, 2.05) is 17.8 Å². The number of benzene rings is 1. The molecule has 0 spiro atoms. The van der Waals surface area contributed by atoms with Crippen LogP contribution in [0.2, 0.25) is 0 Å². The molecule has 4 heteroatoms. The number of rotatable bonds is 6. The van der Waals surface area contributed by atoms with E-state index in [0.29, 0.717) is 0 Å². The van der Waals surface area contributed by atoms with Gasteiger partial charge in [0.25, 0.3) is 0 Å². The van der Waals surface area contributed by atoms with Crippen LogP contribution in [0.5, 0.6) is 0 Å². The third kappa shape index (κ3) is 4.35. The highest BCUT2D eigenvalue weighted by Gasteiger charge is 2.22. The third-order valence-electron chi connectivity index (χ3n) is 2.88. The Hall–Kier alpha value is -1.00. The van der Waals surface area contributed by atoms with Gasteiger partial charge >= 0.3 is 0 Å². The molecule has 1 saturated heterocycles. The molecule has 1 aliphatic heterocycles. The topological polar surface area (TPSA) is 38.3 Å². The van der Waals surface area contributed by atoms with E-state index >= 15 is 0 Å². The van der Waals surface area contributed by atoms with Crippen molar-refractivity contribution in [3.63, 3.8) is 0 Å².